The van der Waals surface area contributed by atoms with Crippen LogP contribution in [0.15, 0.2) is 12.1 Å². The standard InChI is InChI=1S/C19H28O2/c1-7-10-21-14-11-15(13(2)20)17-16(12-14)18(3,4)8-9-19(17,5)6/h11-12H,7-10H2,1-6H3. The van der Waals surface area contributed by atoms with Crippen LogP contribution in [0.1, 0.15) is 82.3 Å². The van der Waals surface area contributed by atoms with E-state index in [0.717, 1.165) is 30.6 Å². The molecule has 0 N–H and O–H groups in total. The molecule has 0 spiro atoms. The second-order valence-electron chi connectivity index (χ2n) is 7.57. The van der Waals surface area contributed by atoms with Gasteiger partial charge in [-0.05, 0) is 60.3 Å². The van der Waals surface area contributed by atoms with Gasteiger partial charge in [0.25, 0.3) is 0 Å². The number of ether oxygens (including phenoxy) is 1. The first-order valence-corrected chi connectivity index (χ1v) is 8.02. The van der Waals surface area contributed by atoms with Crippen LogP contribution in [0.3, 0.4) is 0 Å². The normalized spacial score (nSPS) is 19.0. The summed E-state index contributed by atoms with van der Waals surface area (Å²) in [5.74, 6) is 0.977. The number of ketones is 1. The van der Waals surface area contributed by atoms with Crippen molar-refractivity contribution < 1.29 is 9.53 Å². The summed E-state index contributed by atoms with van der Waals surface area (Å²) in [6.45, 7) is 13.5. The predicted octanol–water partition coefficient (Wildman–Crippen LogP) is 5.03. The Bertz CT molecular complexity index is 553. The summed E-state index contributed by atoms with van der Waals surface area (Å²) in [5.41, 5.74) is 3.51. The van der Waals surface area contributed by atoms with Crippen LogP contribution in [-0.2, 0) is 10.8 Å². The molecule has 0 radical (unpaired) electrons. The van der Waals surface area contributed by atoms with Gasteiger partial charge in [-0.15, -0.1) is 0 Å². The zero-order chi connectivity index (χ0) is 15.8. The lowest BCUT2D eigenvalue weighted by molar-refractivity contribution is 0.101. The highest BCUT2D eigenvalue weighted by Gasteiger charge is 2.39. The molecule has 1 aliphatic rings. The van der Waals surface area contributed by atoms with Crippen LogP contribution < -0.4 is 4.74 Å². The van der Waals surface area contributed by atoms with Crippen LogP contribution in [0, 0.1) is 0 Å². The molecule has 0 unspecified atom stereocenters. The van der Waals surface area contributed by atoms with E-state index in [0.29, 0.717) is 6.61 Å². The van der Waals surface area contributed by atoms with Gasteiger partial charge < -0.3 is 4.74 Å². The quantitative estimate of drug-likeness (QED) is 0.727. The summed E-state index contributed by atoms with van der Waals surface area (Å²) in [6.07, 6.45) is 3.23. The average molecular weight is 288 g/mol. The third kappa shape index (κ3) is 3.00. The van der Waals surface area contributed by atoms with Gasteiger partial charge in [0.1, 0.15) is 5.75 Å². The molecular weight excluding hydrogens is 260 g/mol. The Kier molecular flexibility index (Phi) is 4.19. The molecule has 0 aliphatic heterocycles. The molecule has 1 aromatic rings. The molecule has 2 nitrogen and oxygen atoms in total. The maximum Gasteiger partial charge on any atom is 0.160 e. The molecule has 0 saturated carbocycles. The van der Waals surface area contributed by atoms with E-state index in [4.69, 9.17) is 4.74 Å². The van der Waals surface area contributed by atoms with Gasteiger partial charge in [0.15, 0.2) is 5.78 Å². The van der Waals surface area contributed by atoms with E-state index in [9.17, 15) is 4.79 Å². The van der Waals surface area contributed by atoms with Crippen molar-refractivity contribution in [3.8, 4) is 5.75 Å². The van der Waals surface area contributed by atoms with E-state index in [2.05, 4.69) is 40.7 Å². The molecule has 0 aromatic heterocycles. The monoisotopic (exact) mass is 288 g/mol. The Labute approximate surface area is 128 Å². The van der Waals surface area contributed by atoms with E-state index in [1.165, 1.54) is 11.1 Å². The number of carbonyl (C=O) groups is 1. The van der Waals surface area contributed by atoms with Crippen molar-refractivity contribution in [3.63, 3.8) is 0 Å². The summed E-state index contributed by atoms with van der Waals surface area (Å²) in [6, 6.07) is 4.11. The molecule has 0 bridgehead atoms. The molecule has 0 atom stereocenters. The number of benzene rings is 1. The second-order valence-corrected chi connectivity index (χ2v) is 7.57. The predicted molar refractivity (Wildman–Crippen MR) is 87.5 cm³/mol. The van der Waals surface area contributed by atoms with E-state index in [-0.39, 0.29) is 16.6 Å². The maximum absolute atomic E-state index is 12.2. The smallest absolute Gasteiger partial charge is 0.160 e. The summed E-state index contributed by atoms with van der Waals surface area (Å²) < 4.78 is 5.82. The Hall–Kier alpha value is -1.31. The van der Waals surface area contributed by atoms with Gasteiger partial charge in [-0.2, -0.15) is 0 Å². The molecule has 0 saturated heterocycles. The first-order chi connectivity index (χ1) is 9.69. The van der Waals surface area contributed by atoms with Crippen LogP contribution in [0.5, 0.6) is 5.75 Å². The number of carbonyl (C=O) groups excluding carboxylic acids is 1. The van der Waals surface area contributed by atoms with Gasteiger partial charge in [0, 0.05) is 5.56 Å². The molecule has 116 valence electrons. The number of rotatable bonds is 4. The van der Waals surface area contributed by atoms with Crippen molar-refractivity contribution in [1.82, 2.24) is 0 Å². The first kappa shape index (κ1) is 16.1. The SMILES string of the molecule is CCCOc1cc(C(C)=O)c2c(c1)C(C)(C)CCC2(C)C. The molecule has 0 fully saturated rings. The van der Waals surface area contributed by atoms with Gasteiger partial charge in [-0.3, -0.25) is 4.79 Å². The molecule has 2 heteroatoms. The summed E-state index contributed by atoms with van der Waals surface area (Å²) in [7, 11) is 0. The van der Waals surface area contributed by atoms with E-state index in [1.54, 1.807) is 6.92 Å². The molecule has 1 aromatic carbocycles. The fourth-order valence-electron chi connectivity index (χ4n) is 3.34. The third-order valence-corrected chi connectivity index (χ3v) is 4.74. The number of Topliss-reactive ketones (excluding diaryl/α,β-unsaturated/α-hetero) is 1. The van der Waals surface area contributed by atoms with E-state index >= 15 is 0 Å². The molecular formula is C19H28O2. The molecule has 0 heterocycles. The van der Waals surface area contributed by atoms with Gasteiger partial charge >= 0.3 is 0 Å². The Morgan fingerprint density at radius 3 is 2.33 bits per heavy atom. The number of hydrogen-bond acceptors (Lipinski definition) is 2. The first-order valence-electron chi connectivity index (χ1n) is 8.02. The minimum atomic E-state index is 0.0507. The Balaban J connectivity index is 2.67. The van der Waals surface area contributed by atoms with Gasteiger partial charge in [0.2, 0.25) is 0 Å². The second kappa shape index (κ2) is 5.47. The minimum Gasteiger partial charge on any atom is -0.494 e. The minimum absolute atomic E-state index is 0.0507. The highest BCUT2D eigenvalue weighted by molar-refractivity contribution is 5.97. The fourth-order valence-corrected chi connectivity index (χ4v) is 3.34. The fraction of sp³-hybridized carbons (Fsp3) is 0.632. The van der Waals surface area contributed by atoms with Crippen LogP contribution in [0.25, 0.3) is 0 Å². The van der Waals surface area contributed by atoms with Crippen LogP contribution in [-0.4, -0.2) is 12.4 Å². The third-order valence-electron chi connectivity index (χ3n) is 4.74. The maximum atomic E-state index is 12.2. The molecule has 21 heavy (non-hydrogen) atoms. The van der Waals surface area contributed by atoms with Crippen molar-refractivity contribution in [3.05, 3.63) is 28.8 Å². The van der Waals surface area contributed by atoms with Crippen molar-refractivity contribution in [1.29, 1.82) is 0 Å². The van der Waals surface area contributed by atoms with Crippen LogP contribution in [0.4, 0.5) is 0 Å². The number of hydrogen-bond donors (Lipinski definition) is 0. The Morgan fingerprint density at radius 1 is 1.14 bits per heavy atom. The summed E-state index contributed by atoms with van der Waals surface area (Å²) in [5, 5.41) is 0. The topological polar surface area (TPSA) is 26.3 Å². The van der Waals surface area contributed by atoms with Gasteiger partial charge in [-0.1, -0.05) is 34.6 Å². The van der Waals surface area contributed by atoms with Crippen LogP contribution >= 0.6 is 0 Å². The molecule has 2 rings (SSSR count). The van der Waals surface area contributed by atoms with Crippen molar-refractivity contribution in [2.75, 3.05) is 6.61 Å². The van der Waals surface area contributed by atoms with E-state index < -0.39 is 0 Å². The van der Waals surface area contributed by atoms with Crippen LogP contribution in [0.2, 0.25) is 0 Å². The lowest BCUT2D eigenvalue weighted by Crippen LogP contribution is -2.35. The highest BCUT2D eigenvalue weighted by Crippen LogP contribution is 2.48. The molecule has 1 aliphatic carbocycles. The highest BCUT2D eigenvalue weighted by atomic mass is 16.5. The van der Waals surface area contributed by atoms with Crippen molar-refractivity contribution >= 4 is 5.78 Å². The van der Waals surface area contributed by atoms with Gasteiger partial charge in [-0.25, -0.2) is 0 Å². The summed E-state index contributed by atoms with van der Waals surface area (Å²) in [4.78, 5) is 12.2. The van der Waals surface area contributed by atoms with Crippen molar-refractivity contribution in [2.24, 2.45) is 0 Å². The zero-order valence-electron chi connectivity index (χ0n) is 14.3. The van der Waals surface area contributed by atoms with Crippen molar-refractivity contribution in [2.45, 2.75) is 71.6 Å². The average Bonchev–Trinajstić information content (AvgIpc) is 2.40. The summed E-state index contributed by atoms with van der Waals surface area (Å²) >= 11 is 0. The largest absolute Gasteiger partial charge is 0.494 e. The molecule has 0 amide bonds. The lowest BCUT2D eigenvalue weighted by atomic mass is 9.61. The Morgan fingerprint density at radius 2 is 1.76 bits per heavy atom. The van der Waals surface area contributed by atoms with E-state index in [1.807, 2.05) is 6.07 Å². The van der Waals surface area contributed by atoms with Gasteiger partial charge in [0.05, 0.1) is 6.61 Å². The number of fused-ring (bicyclic) bond motifs is 1. The zero-order valence-corrected chi connectivity index (χ0v) is 14.3. The lowest BCUT2D eigenvalue weighted by Gasteiger charge is -2.43.